The predicted molar refractivity (Wildman–Crippen MR) is 57.2 cm³/mol. The molecular weight excluding hydrogens is 214 g/mol. The van der Waals surface area contributed by atoms with Crippen molar-refractivity contribution in [3.05, 3.63) is 34.2 Å². The lowest BCUT2D eigenvalue weighted by Crippen LogP contribution is -1.97. The van der Waals surface area contributed by atoms with Gasteiger partial charge in [0, 0.05) is 12.6 Å². The molecule has 15 heavy (non-hydrogen) atoms. The molecule has 3 N–H and O–H groups in total. The van der Waals surface area contributed by atoms with Crippen molar-refractivity contribution in [1.29, 1.82) is 0 Å². The van der Waals surface area contributed by atoms with Crippen LogP contribution in [0.1, 0.15) is 16.1 Å². The third-order valence-corrected chi connectivity index (χ3v) is 2.59. The molecule has 2 heterocycles. The van der Waals surface area contributed by atoms with Crippen LogP contribution < -0.4 is 5.32 Å². The summed E-state index contributed by atoms with van der Waals surface area (Å²) in [4.78, 5) is 10.5. The first-order valence-corrected chi connectivity index (χ1v) is 5.23. The second kappa shape index (κ2) is 4.14. The largest absolute Gasteiger partial charge is 0.477 e. The van der Waals surface area contributed by atoms with Gasteiger partial charge in [-0.25, -0.2) is 4.79 Å². The number of aromatic carboxylic acids is 1. The highest BCUT2D eigenvalue weighted by Gasteiger charge is 2.06. The molecule has 2 rings (SSSR count). The molecular formula is C9H9N3O2S. The maximum absolute atomic E-state index is 10.5. The van der Waals surface area contributed by atoms with Crippen LogP contribution >= 0.6 is 11.3 Å². The van der Waals surface area contributed by atoms with Crippen molar-refractivity contribution >= 4 is 23.1 Å². The number of aromatic amines is 1. The Morgan fingerprint density at radius 3 is 3.13 bits per heavy atom. The number of hydrogen-bond acceptors (Lipinski definition) is 4. The van der Waals surface area contributed by atoms with Crippen LogP contribution in [0.15, 0.2) is 22.9 Å². The van der Waals surface area contributed by atoms with E-state index in [9.17, 15) is 4.79 Å². The molecule has 2 aromatic heterocycles. The summed E-state index contributed by atoms with van der Waals surface area (Å²) in [6.07, 6.45) is 0. The number of nitrogens with one attached hydrogen (secondary N) is 2. The molecule has 0 aliphatic heterocycles. The van der Waals surface area contributed by atoms with Gasteiger partial charge in [-0.15, -0.1) is 0 Å². The van der Waals surface area contributed by atoms with E-state index >= 15 is 0 Å². The number of carbonyl (C=O) groups is 1. The van der Waals surface area contributed by atoms with Gasteiger partial charge >= 0.3 is 5.97 Å². The molecule has 0 spiro atoms. The first-order valence-electron chi connectivity index (χ1n) is 4.29. The predicted octanol–water partition coefficient (Wildman–Crippen LogP) is 1.78. The van der Waals surface area contributed by atoms with Gasteiger partial charge in [-0.2, -0.15) is 16.4 Å². The standard InChI is InChI=1S/C9H9N3O2S/c13-9(14)7-3-8(12-11-7)10-4-6-1-2-15-5-6/h1-3,5H,4H2,(H,13,14)(H2,10,11,12). The first-order chi connectivity index (χ1) is 7.25. The van der Waals surface area contributed by atoms with Crippen LogP contribution in [0.25, 0.3) is 0 Å². The number of carboxylic acid groups (broad SMARTS) is 1. The minimum Gasteiger partial charge on any atom is -0.477 e. The number of rotatable bonds is 4. The third kappa shape index (κ3) is 2.35. The minimum atomic E-state index is -1.01. The monoisotopic (exact) mass is 223 g/mol. The Labute approximate surface area is 89.8 Å². The molecule has 0 aromatic carbocycles. The van der Waals surface area contributed by atoms with E-state index in [2.05, 4.69) is 15.5 Å². The molecule has 0 bridgehead atoms. The normalized spacial score (nSPS) is 10.1. The zero-order chi connectivity index (χ0) is 10.7. The lowest BCUT2D eigenvalue weighted by molar-refractivity contribution is 0.0690. The summed E-state index contributed by atoms with van der Waals surface area (Å²) < 4.78 is 0. The number of carboxylic acids is 1. The SMILES string of the molecule is O=C(O)c1cc(NCc2ccsc2)n[nH]1. The lowest BCUT2D eigenvalue weighted by atomic mass is 10.3. The van der Waals surface area contributed by atoms with Gasteiger partial charge in [0.2, 0.25) is 0 Å². The number of nitrogens with zero attached hydrogens (tertiary/aromatic N) is 1. The van der Waals surface area contributed by atoms with E-state index in [0.717, 1.165) is 5.56 Å². The highest BCUT2D eigenvalue weighted by Crippen LogP contribution is 2.10. The second-order valence-corrected chi connectivity index (χ2v) is 3.74. The van der Waals surface area contributed by atoms with Crippen LogP contribution in [0, 0.1) is 0 Å². The van der Waals surface area contributed by atoms with Gasteiger partial charge < -0.3 is 10.4 Å². The molecule has 5 nitrogen and oxygen atoms in total. The molecule has 0 saturated heterocycles. The average molecular weight is 223 g/mol. The van der Waals surface area contributed by atoms with E-state index in [-0.39, 0.29) is 5.69 Å². The van der Waals surface area contributed by atoms with E-state index in [0.29, 0.717) is 12.4 Å². The van der Waals surface area contributed by atoms with Crippen molar-refractivity contribution in [3.8, 4) is 0 Å². The van der Waals surface area contributed by atoms with Gasteiger partial charge in [-0.1, -0.05) is 0 Å². The number of anilines is 1. The van der Waals surface area contributed by atoms with Gasteiger partial charge in [-0.3, -0.25) is 5.10 Å². The zero-order valence-corrected chi connectivity index (χ0v) is 8.54. The fourth-order valence-corrected chi connectivity index (χ4v) is 1.78. The molecule has 0 aliphatic rings. The molecule has 0 radical (unpaired) electrons. The van der Waals surface area contributed by atoms with Crippen molar-refractivity contribution in [1.82, 2.24) is 10.2 Å². The number of aromatic nitrogens is 2. The molecule has 0 unspecified atom stereocenters. The first kappa shape index (κ1) is 9.72. The van der Waals surface area contributed by atoms with Crippen LogP contribution in [0.4, 0.5) is 5.82 Å². The van der Waals surface area contributed by atoms with Crippen molar-refractivity contribution in [2.45, 2.75) is 6.54 Å². The summed E-state index contributed by atoms with van der Waals surface area (Å²) in [6, 6.07) is 3.47. The Bertz CT molecular complexity index is 450. The van der Waals surface area contributed by atoms with Crippen LogP contribution in [0.2, 0.25) is 0 Å². The van der Waals surface area contributed by atoms with E-state index in [1.165, 1.54) is 6.07 Å². The second-order valence-electron chi connectivity index (χ2n) is 2.96. The summed E-state index contributed by atoms with van der Waals surface area (Å²) in [6.45, 7) is 0.646. The summed E-state index contributed by atoms with van der Waals surface area (Å²) >= 11 is 1.62. The Kier molecular flexibility index (Phi) is 2.68. The van der Waals surface area contributed by atoms with Crippen LogP contribution in [-0.4, -0.2) is 21.3 Å². The maximum atomic E-state index is 10.5. The van der Waals surface area contributed by atoms with Gasteiger partial charge in [0.25, 0.3) is 0 Å². The molecule has 0 fully saturated rings. The maximum Gasteiger partial charge on any atom is 0.353 e. The van der Waals surface area contributed by atoms with Crippen molar-refractivity contribution in [2.24, 2.45) is 0 Å². The molecule has 0 saturated carbocycles. The van der Waals surface area contributed by atoms with Crippen LogP contribution in [0.3, 0.4) is 0 Å². The van der Waals surface area contributed by atoms with Gasteiger partial charge in [0.1, 0.15) is 11.5 Å². The zero-order valence-electron chi connectivity index (χ0n) is 7.73. The fourth-order valence-electron chi connectivity index (χ4n) is 1.11. The Morgan fingerprint density at radius 2 is 2.53 bits per heavy atom. The number of thiophene rings is 1. The topological polar surface area (TPSA) is 78.0 Å². The minimum absolute atomic E-state index is 0.0859. The molecule has 2 aromatic rings. The Balaban J connectivity index is 1.96. The van der Waals surface area contributed by atoms with E-state index < -0.39 is 5.97 Å². The van der Waals surface area contributed by atoms with E-state index in [1.807, 2.05) is 16.8 Å². The van der Waals surface area contributed by atoms with Crippen molar-refractivity contribution in [3.63, 3.8) is 0 Å². The Morgan fingerprint density at radius 1 is 1.67 bits per heavy atom. The number of hydrogen-bond donors (Lipinski definition) is 3. The molecule has 0 atom stereocenters. The van der Waals surface area contributed by atoms with Gasteiger partial charge in [0.05, 0.1) is 0 Å². The van der Waals surface area contributed by atoms with Crippen LogP contribution in [-0.2, 0) is 6.54 Å². The fraction of sp³-hybridized carbons (Fsp3) is 0.111. The molecule has 6 heteroatoms. The highest BCUT2D eigenvalue weighted by atomic mass is 32.1. The summed E-state index contributed by atoms with van der Waals surface area (Å²) in [5, 5.41) is 21.9. The van der Waals surface area contributed by atoms with Crippen molar-refractivity contribution in [2.75, 3.05) is 5.32 Å². The van der Waals surface area contributed by atoms with Gasteiger partial charge in [-0.05, 0) is 22.4 Å². The number of H-pyrrole nitrogens is 1. The Hall–Kier alpha value is -1.82. The average Bonchev–Trinajstić information content (AvgIpc) is 2.86. The van der Waals surface area contributed by atoms with E-state index in [1.54, 1.807) is 11.3 Å². The summed E-state index contributed by atoms with van der Waals surface area (Å²) in [7, 11) is 0. The quantitative estimate of drug-likeness (QED) is 0.738. The van der Waals surface area contributed by atoms with Crippen molar-refractivity contribution < 1.29 is 9.90 Å². The smallest absolute Gasteiger partial charge is 0.353 e. The summed E-state index contributed by atoms with van der Waals surface area (Å²) in [5.74, 6) is -0.468. The molecule has 0 aliphatic carbocycles. The van der Waals surface area contributed by atoms with E-state index in [4.69, 9.17) is 5.11 Å². The molecule has 0 amide bonds. The van der Waals surface area contributed by atoms with Gasteiger partial charge in [0.15, 0.2) is 0 Å². The highest BCUT2D eigenvalue weighted by molar-refractivity contribution is 7.07. The molecule has 78 valence electrons. The van der Waals surface area contributed by atoms with Crippen LogP contribution in [0.5, 0.6) is 0 Å². The lowest BCUT2D eigenvalue weighted by Gasteiger charge is -1.98. The summed E-state index contributed by atoms with van der Waals surface area (Å²) in [5.41, 5.74) is 1.24. The third-order valence-electron chi connectivity index (χ3n) is 1.86.